The normalized spacial score (nSPS) is 32.0. The van der Waals surface area contributed by atoms with Crippen molar-refractivity contribution in [3.8, 4) is 5.75 Å². The average Bonchev–Trinajstić information content (AvgIpc) is 3.15. The second kappa shape index (κ2) is 9.13. The van der Waals surface area contributed by atoms with E-state index in [0.717, 1.165) is 11.1 Å². The number of ether oxygens (including phenoxy) is 1. The Kier molecular flexibility index (Phi) is 6.39. The van der Waals surface area contributed by atoms with Gasteiger partial charge in [-0.3, -0.25) is 4.79 Å². The summed E-state index contributed by atoms with van der Waals surface area (Å²) in [5.41, 5.74) is 1.30. The number of methoxy groups -OCH3 is 1. The van der Waals surface area contributed by atoms with Crippen molar-refractivity contribution in [2.24, 2.45) is 5.92 Å². The van der Waals surface area contributed by atoms with Gasteiger partial charge in [0.05, 0.1) is 30.3 Å². The van der Waals surface area contributed by atoms with Crippen LogP contribution in [0.2, 0.25) is 0 Å². The van der Waals surface area contributed by atoms with Gasteiger partial charge in [0.25, 0.3) is 0 Å². The van der Waals surface area contributed by atoms with Crippen LogP contribution >= 0.6 is 0 Å². The van der Waals surface area contributed by atoms with E-state index in [1.54, 1.807) is 36.3 Å². The number of amides is 1. The Morgan fingerprint density at radius 2 is 1.75 bits per heavy atom. The molecular formula is C27H34N2O6S. The molecule has 1 amide bonds. The van der Waals surface area contributed by atoms with Crippen LogP contribution in [-0.4, -0.2) is 77.7 Å². The Hall–Kier alpha value is -2.46. The lowest BCUT2D eigenvalue weighted by atomic mass is 9.65. The minimum absolute atomic E-state index is 0.150. The summed E-state index contributed by atoms with van der Waals surface area (Å²) in [4.78, 5) is 15.9. The van der Waals surface area contributed by atoms with Crippen LogP contribution in [0.4, 0.5) is 0 Å². The molecular weight excluding hydrogens is 480 g/mol. The molecule has 2 bridgehead atoms. The van der Waals surface area contributed by atoms with Gasteiger partial charge in [0.15, 0.2) is 0 Å². The van der Waals surface area contributed by atoms with E-state index >= 15 is 0 Å². The maximum absolute atomic E-state index is 14.0. The van der Waals surface area contributed by atoms with Gasteiger partial charge in [-0.1, -0.05) is 29.8 Å². The summed E-state index contributed by atoms with van der Waals surface area (Å²) in [5.74, 6) is 0.0800. The summed E-state index contributed by atoms with van der Waals surface area (Å²) in [6.45, 7) is 1.89. The van der Waals surface area contributed by atoms with Gasteiger partial charge in [-0.25, -0.2) is 8.42 Å². The zero-order chi connectivity index (χ0) is 25.8. The molecule has 8 nitrogen and oxygen atoms in total. The van der Waals surface area contributed by atoms with Crippen LogP contribution in [0.3, 0.4) is 0 Å². The molecule has 2 aromatic rings. The first kappa shape index (κ1) is 25.2. The molecule has 3 fully saturated rings. The SMILES string of the molecule is COc1ccc(CC2C(O)C3CC4(CCC3O)CC(N(C)S(=O)(=O)c3ccc(C)cc3)C(=O)N24)cc1. The van der Waals surface area contributed by atoms with Crippen molar-refractivity contribution < 1.29 is 28.2 Å². The molecule has 2 aromatic carbocycles. The molecule has 9 heteroatoms. The maximum Gasteiger partial charge on any atom is 0.243 e. The highest BCUT2D eigenvalue weighted by Crippen LogP contribution is 2.52. The van der Waals surface area contributed by atoms with E-state index in [2.05, 4.69) is 0 Å². The highest BCUT2D eigenvalue weighted by molar-refractivity contribution is 7.89. The van der Waals surface area contributed by atoms with E-state index in [-0.39, 0.29) is 16.7 Å². The molecule has 5 rings (SSSR count). The minimum Gasteiger partial charge on any atom is -0.497 e. The Labute approximate surface area is 212 Å². The van der Waals surface area contributed by atoms with E-state index < -0.39 is 39.9 Å². The molecule has 6 atom stereocenters. The predicted octanol–water partition coefficient (Wildman–Crippen LogP) is 2.11. The average molecular weight is 515 g/mol. The van der Waals surface area contributed by atoms with Crippen LogP contribution in [0.15, 0.2) is 53.4 Å². The third-order valence-electron chi connectivity index (χ3n) is 8.53. The molecule has 2 N–H and O–H groups in total. The number of fused-ring (bicyclic) bond motifs is 1. The number of carbonyl (C=O) groups is 1. The summed E-state index contributed by atoms with van der Waals surface area (Å²) < 4.78 is 33.4. The van der Waals surface area contributed by atoms with Crippen molar-refractivity contribution in [1.82, 2.24) is 9.21 Å². The van der Waals surface area contributed by atoms with Crippen LogP contribution in [0, 0.1) is 12.8 Å². The maximum atomic E-state index is 14.0. The van der Waals surface area contributed by atoms with Crippen LogP contribution in [0.5, 0.6) is 5.75 Å². The summed E-state index contributed by atoms with van der Waals surface area (Å²) in [7, 11) is -0.831. The van der Waals surface area contributed by atoms with E-state index in [0.29, 0.717) is 37.9 Å². The number of nitrogens with zero attached hydrogens (tertiary/aromatic N) is 2. The van der Waals surface area contributed by atoms with Gasteiger partial charge in [-0.05, 0) is 68.9 Å². The third kappa shape index (κ3) is 4.02. The van der Waals surface area contributed by atoms with E-state index in [1.165, 1.54) is 11.4 Å². The molecule has 0 aromatic heterocycles. The number of hydrogen-bond acceptors (Lipinski definition) is 6. The number of piperidine rings is 1. The molecule has 2 heterocycles. The second-order valence-electron chi connectivity index (χ2n) is 10.6. The number of carbonyl (C=O) groups excluding carboxylic acids is 1. The summed E-state index contributed by atoms with van der Waals surface area (Å²) in [5, 5.41) is 22.1. The Balaban J connectivity index is 1.49. The fourth-order valence-corrected chi connectivity index (χ4v) is 7.81. The summed E-state index contributed by atoms with van der Waals surface area (Å²) >= 11 is 0. The third-order valence-corrected chi connectivity index (χ3v) is 10.4. The number of aliphatic hydroxyl groups excluding tert-OH is 2. The molecule has 2 saturated heterocycles. The van der Waals surface area contributed by atoms with Crippen molar-refractivity contribution in [3.05, 3.63) is 59.7 Å². The molecule has 194 valence electrons. The van der Waals surface area contributed by atoms with Crippen molar-refractivity contribution >= 4 is 15.9 Å². The highest BCUT2D eigenvalue weighted by atomic mass is 32.2. The number of rotatable bonds is 6. The van der Waals surface area contributed by atoms with Gasteiger partial charge in [-0.15, -0.1) is 0 Å². The van der Waals surface area contributed by atoms with Crippen molar-refractivity contribution in [3.63, 3.8) is 0 Å². The molecule has 1 spiro atoms. The fraction of sp³-hybridized carbons (Fsp3) is 0.519. The topological polar surface area (TPSA) is 107 Å². The molecule has 0 radical (unpaired) electrons. The fourth-order valence-electron chi connectivity index (χ4n) is 6.50. The quantitative estimate of drug-likeness (QED) is 0.612. The molecule has 6 unspecified atom stereocenters. The Bertz CT molecular complexity index is 1230. The number of likely N-dealkylation sites (N-methyl/N-ethyl adjacent to an activating group) is 1. The predicted molar refractivity (Wildman–Crippen MR) is 134 cm³/mol. The Morgan fingerprint density at radius 3 is 2.39 bits per heavy atom. The number of sulfonamides is 1. The Morgan fingerprint density at radius 1 is 1.08 bits per heavy atom. The van der Waals surface area contributed by atoms with Crippen LogP contribution < -0.4 is 4.74 Å². The van der Waals surface area contributed by atoms with Crippen LogP contribution in [0.25, 0.3) is 0 Å². The van der Waals surface area contributed by atoms with E-state index in [4.69, 9.17) is 4.74 Å². The smallest absolute Gasteiger partial charge is 0.243 e. The van der Waals surface area contributed by atoms with Gasteiger partial charge >= 0.3 is 0 Å². The lowest BCUT2D eigenvalue weighted by molar-refractivity contribution is -0.167. The van der Waals surface area contributed by atoms with Crippen molar-refractivity contribution in [1.29, 1.82) is 0 Å². The first-order valence-corrected chi connectivity index (χ1v) is 13.9. The zero-order valence-electron chi connectivity index (χ0n) is 20.9. The number of aryl methyl sites for hydroxylation is 1. The molecule has 1 aliphatic carbocycles. The monoisotopic (exact) mass is 514 g/mol. The molecule has 2 aliphatic heterocycles. The number of benzene rings is 2. The highest BCUT2D eigenvalue weighted by Gasteiger charge is 2.63. The zero-order valence-corrected chi connectivity index (χ0v) is 21.7. The largest absolute Gasteiger partial charge is 0.497 e. The first-order chi connectivity index (χ1) is 17.1. The van der Waals surface area contributed by atoms with Gasteiger partial charge < -0.3 is 19.8 Å². The van der Waals surface area contributed by atoms with Gasteiger partial charge in [-0.2, -0.15) is 4.31 Å². The van der Waals surface area contributed by atoms with E-state index in [1.807, 2.05) is 31.2 Å². The molecule has 36 heavy (non-hydrogen) atoms. The first-order valence-electron chi connectivity index (χ1n) is 12.4. The lowest BCUT2D eigenvalue weighted by Crippen LogP contribution is -2.67. The summed E-state index contributed by atoms with van der Waals surface area (Å²) in [6.07, 6.45) is 0.728. The number of aliphatic hydroxyl groups is 2. The second-order valence-corrected chi connectivity index (χ2v) is 12.6. The molecule has 1 saturated carbocycles. The van der Waals surface area contributed by atoms with Crippen LogP contribution in [0.1, 0.15) is 36.8 Å². The number of hydrogen-bond donors (Lipinski definition) is 2. The van der Waals surface area contributed by atoms with E-state index in [9.17, 15) is 23.4 Å². The lowest BCUT2D eigenvalue weighted by Gasteiger charge is -2.56. The minimum atomic E-state index is -3.89. The van der Waals surface area contributed by atoms with Gasteiger partial charge in [0.2, 0.25) is 15.9 Å². The molecule has 3 aliphatic rings. The summed E-state index contributed by atoms with van der Waals surface area (Å²) in [6, 6.07) is 12.7. The standard InChI is InChI=1S/C27H34N2O6S/c1-17-4-10-20(11-5-17)36(33,34)28(2)23-16-27-13-12-24(30)21(15-27)25(31)22(29(27)26(23)32)14-18-6-8-19(35-3)9-7-18/h4-11,21-25,30-31H,12-16H2,1-3H3. The van der Waals surface area contributed by atoms with Crippen molar-refractivity contribution in [2.45, 2.75) is 73.8 Å². The van der Waals surface area contributed by atoms with Crippen molar-refractivity contribution in [2.75, 3.05) is 14.2 Å². The van der Waals surface area contributed by atoms with Gasteiger partial charge in [0.1, 0.15) is 11.8 Å². The van der Waals surface area contributed by atoms with Gasteiger partial charge in [0, 0.05) is 18.5 Å². The van der Waals surface area contributed by atoms with Crippen LogP contribution in [-0.2, 0) is 21.2 Å².